The first-order chi connectivity index (χ1) is 14.2. The summed E-state index contributed by atoms with van der Waals surface area (Å²) in [4.78, 5) is 16.5. The van der Waals surface area contributed by atoms with Crippen LogP contribution in [0.2, 0.25) is 0 Å². The number of ether oxygens (including phenoxy) is 3. The molecule has 0 radical (unpaired) electrons. The molecule has 2 heterocycles. The third kappa shape index (κ3) is 5.00. The van der Waals surface area contributed by atoms with Crippen LogP contribution in [0.4, 0.5) is 0 Å². The van der Waals surface area contributed by atoms with Gasteiger partial charge in [0.2, 0.25) is 5.82 Å². The zero-order chi connectivity index (χ0) is 20.1. The van der Waals surface area contributed by atoms with Gasteiger partial charge in [-0.15, -0.1) is 0 Å². The molecule has 29 heavy (non-hydrogen) atoms. The monoisotopic (exact) mass is 394 g/mol. The summed E-state index contributed by atoms with van der Waals surface area (Å²) >= 11 is 0. The molecule has 7 heteroatoms. The molecular formula is C22H22N2O5. The van der Waals surface area contributed by atoms with E-state index in [1.165, 1.54) is 0 Å². The minimum absolute atomic E-state index is 0.0883. The predicted molar refractivity (Wildman–Crippen MR) is 105 cm³/mol. The SMILES string of the molecule is Cc1ccc(-c2noc(COC(=O)c3ccc(OCC4CCCO4)cc3)n2)cc1. The van der Waals surface area contributed by atoms with Gasteiger partial charge in [0.15, 0.2) is 6.61 Å². The first-order valence-electron chi connectivity index (χ1n) is 9.58. The lowest BCUT2D eigenvalue weighted by atomic mass is 10.1. The van der Waals surface area contributed by atoms with Crippen molar-refractivity contribution < 1.29 is 23.5 Å². The van der Waals surface area contributed by atoms with E-state index in [1.807, 2.05) is 31.2 Å². The van der Waals surface area contributed by atoms with Crippen molar-refractivity contribution in [3.63, 3.8) is 0 Å². The summed E-state index contributed by atoms with van der Waals surface area (Å²) < 4.78 is 21.7. The van der Waals surface area contributed by atoms with Crippen molar-refractivity contribution in [2.24, 2.45) is 0 Å². The number of aromatic nitrogens is 2. The quantitative estimate of drug-likeness (QED) is 0.561. The fourth-order valence-corrected chi connectivity index (χ4v) is 3.00. The van der Waals surface area contributed by atoms with Crippen molar-refractivity contribution in [3.05, 3.63) is 65.5 Å². The molecule has 0 saturated carbocycles. The molecule has 1 atom stereocenters. The van der Waals surface area contributed by atoms with Gasteiger partial charge in [0.05, 0.1) is 11.7 Å². The largest absolute Gasteiger partial charge is 0.491 e. The number of hydrogen-bond donors (Lipinski definition) is 0. The summed E-state index contributed by atoms with van der Waals surface area (Å²) in [5.74, 6) is 0.927. The number of nitrogens with zero attached hydrogens (tertiary/aromatic N) is 2. The Bertz CT molecular complexity index is 944. The van der Waals surface area contributed by atoms with E-state index in [9.17, 15) is 4.79 Å². The van der Waals surface area contributed by atoms with Gasteiger partial charge < -0.3 is 18.7 Å². The second kappa shape index (κ2) is 8.87. The number of aryl methyl sites for hydroxylation is 1. The summed E-state index contributed by atoms with van der Waals surface area (Å²) in [5.41, 5.74) is 2.41. The molecule has 150 valence electrons. The van der Waals surface area contributed by atoms with Crippen molar-refractivity contribution in [1.82, 2.24) is 10.1 Å². The summed E-state index contributed by atoms with van der Waals surface area (Å²) in [6.07, 6.45) is 2.25. The average Bonchev–Trinajstić information content (AvgIpc) is 3.44. The summed E-state index contributed by atoms with van der Waals surface area (Å²) in [7, 11) is 0. The van der Waals surface area contributed by atoms with E-state index < -0.39 is 5.97 Å². The maximum absolute atomic E-state index is 12.2. The Morgan fingerprint density at radius 1 is 1.14 bits per heavy atom. The van der Waals surface area contributed by atoms with Gasteiger partial charge in [0.1, 0.15) is 12.4 Å². The van der Waals surface area contributed by atoms with Crippen LogP contribution in [0, 0.1) is 6.92 Å². The lowest BCUT2D eigenvalue weighted by Gasteiger charge is -2.11. The molecule has 4 rings (SSSR count). The molecule has 2 aromatic carbocycles. The molecule has 1 aromatic heterocycles. The van der Waals surface area contributed by atoms with Crippen LogP contribution in [0.5, 0.6) is 5.75 Å². The molecule has 0 bridgehead atoms. The van der Waals surface area contributed by atoms with Crippen LogP contribution in [-0.2, 0) is 16.1 Å². The summed E-state index contributed by atoms with van der Waals surface area (Å²) in [6.45, 7) is 3.23. The normalized spacial score (nSPS) is 16.0. The Hall–Kier alpha value is -3.19. The van der Waals surface area contributed by atoms with Gasteiger partial charge in [-0.2, -0.15) is 4.98 Å². The van der Waals surface area contributed by atoms with E-state index in [2.05, 4.69) is 10.1 Å². The van der Waals surface area contributed by atoms with Crippen molar-refractivity contribution in [2.75, 3.05) is 13.2 Å². The highest BCUT2D eigenvalue weighted by atomic mass is 16.6. The van der Waals surface area contributed by atoms with Gasteiger partial charge in [-0.25, -0.2) is 4.79 Å². The first kappa shape index (κ1) is 19.1. The van der Waals surface area contributed by atoms with E-state index in [1.54, 1.807) is 24.3 Å². The van der Waals surface area contributed by atoms with E-state index >= 15 is 0 Å². The van der Waals surface area contributed by atoms with Crippen LogP contribution in [0.3, 0.4) is 0 Å². The van der Waals surface area contributed by atoms with Gasteiger partial charge in [-0.1, -0.05) is 35.0 Å². The highest BCUT2D eigenvalue weighted by molar-refractivity contribution is 5.89. The number of rotatable bonds is 7. The van der Waals surface area contributed by atoms with E-state index in [0.717, 1.165) is 30.6 Å². The Morgan fingerprint density at radius 3 is 2.66 bits per heavy atom. The fourth-order valence-electron chi connectivity index (χ4n) is 3.00. The number of esters is 1. The number of benzene rings is 2. The minimum atomic E-state index is -0.467. The molecule has 3 aromatic rings. The third-order valence-corrected chi connectivity index (χ3v) is 4.65. The number of carbonyl (C=O) groups is 1. The van der Waals surface area contributed by atoms with Gasteiger partial charge in [0, 0.05) is 12.2 Å². The molecule has 1 aliphatic rings. The van der Waals surface area contributed by atoms with Crippen LogP contribution in [-0.4, -0.2) is 35.4 Å². The standard InChI is InChI=1S/C22H22N2O5/c1-15-4-6-16(7-5-15)21-23-20(29-24-21)14-28-22(25)17-8-10-18(11-9-17)27-13-19-3-2-12-26-19/h4-11,19H,2-3,12-14H2,1H3. The Labute approximate surface area is 168 Å². The molecule has 1 fully saturated rings. The van der Waals surface area contributed by atoms with Crippen molar-refractivity contribution in [2.45, 2.75) is 32.5 Å². The van der Waals surface area contributed by atoms with E-state index in [-0.39, 0.29) is 18.6 Å². The third-order valence-electron chi connectivity index (χ3n) is 4.65. The molecule has 0 spiro atoms. The lowest BCUT2D eigenvalue weighted by Crippen LogP contribution is -2.16. The van der Waals surface area contributed by atoms with Crippen LogP contribution in [0.1, 0.15) is 34.7 Å². The van der Waals surface area contributed by atoms with Crippen LogP contribution in [0.25, 0.3) is 11.4 Å². The average molecular weight is 394 g/mol. The Morgan fingerprint density at radius 2 is 1.93 bits per heavy atom. The number of carbonyl (C=O) groups excluding carboxylic acids is 1. The maximum atomic E-state index is 12.2. The molecule has 7 nitrogen and oxygen atoms in total. The second-order valence-electron chi connectivity index (χ2n) is 6.92. The minimum Gasteiger partial charge on any atom is -0.491 e. The predicted octanol–water partition coefficient (Wildman–Crippen LogP) is 3.96. The Kier molecular flexibility index (Phi) is 5.86. The van der Waals surface area contributed by atoms with Crippen LogP contribution < -0.4 is 4.74 Å². The number of hydrogen-bond acceptors (Lipinski definition) is 7. The molecule has 0 amide bonds. The first-order valence-corrected chi connectivity index (χ1v) is 9.58. The lowest BCUT2D eigenvalue weighted by molar-refractivity contribution is 0.0429. The van der Waals surface area contributed by atoms with Gasteiger partial charge in [-0.05, 0) is 44.0 Å². The van der Waals surface area contributed by atoms with Gasteiger partial charge >= 0.3 is 5.97 Å². The van der Waals surface area contributed by atoms with Crippen LogP contribution >= 0.6 is 0 Å². The summed E-state index contributed by atoms with van der Waals surface area (Å²) in [6, 6.07) is 14.6. The van der Waals surface area contributed by atoms with Gasteiger partial charge in [-0.3, -0.25) is 0 Å². The van der Waals surface area contributed by atoms with Crippen molar-refractivity contribution in [1.29, 1.82) is 0 Å². The zero-order valence-electron chi connectivity index (χ0n) is 16.2. The molecule has 1 unspecified atom stereocenters. The second-order valence-corrected chi connectivity index (χ2v) is 6.92. The maximum Gasteiger partial charge on any atom is 0.338 e. The van der Waals surface area contributed by atoms with Crippen LogP contribution in [0.15, 0.2) is 53.1 Å². The molecule has 0 aliphatic carbocycles. The fraction of sp³-hybridized carbons (Fsp3) is 0.318. The zero-order valence-corrected chi connectivity index (χ0v) is 16.2. The molecule has 1 saturated heterocycles. The van der Waals surface area contributed by atoms with Gasteiger partial charge in [0.25, 0.3) is 5.89 Å². The Balaban J connectivity index is 1.28. The molecule has 1 aliphatic heterocycles. The smallest absolute Gasteiger partial charge is 0.338 e. The van der Waals surface area contributed by atoms with Crippen molar-refractivity contribution >= 4 is 5.97 Å². The highest BCUT2D eigenvalue weighted by Crippen LogP contribution is 2.18. The summed E-state index contributed by atoms with van der Waals surface area (Å²) in [5, 5.41) is 3.93. The molecule has 0 N–H and O–H groups in total. The topological polar surface area (TPSA) is 83.7 Å². The van der Waals surface area contributed by atoms with E-state index in [4.69, 9.17) is 18.7 Å². The highest BCUT2D eigenvalue weighted by Gasteiger charge is 2.16. The molecular weight excluding hydrogens is 372 g/mol. The van der Waals surface area contributed by atoms with Crippen molar-refractivity contribution in [3.8, 4) is 17.1 Å². The van der Waals surface area contributed by atoms with E-state index in [0.29, 0.717) is 23.7 Å².